The molecule has 96 valence electrons. The molecule has 2 aromatic carbocycles. The van der Waals surface area contributed by atoms with Gasteiger partial charge in [-0.1, -0.05) is 60.7 Å². The van der Waals surface area contributed by atoms with Gasteiger partial charge in [-0.05, 0) is 36.8 Å². The van der Waals surface area contributed by atoms with Crippen molar-refractivity contribution in [2.45, 2.75) is 0 Å². The van der Waals surface area contributed by atoms with E-state index in [1.165, 1.54) is 11.1 Å². The average molecular weight is 319 g/mol. The second-order valence-electron chi connectivity index (χ2n) is 3.30. The molecule has 0 fully saturated rings. The SMILES string of the molecule is O=C(O)N(S)S.[KH].c1ccc(-c2ccccc2)cc1. The second-order valence-corrected chi connectivity index (χ2v) is 4.42. The normalized spacial score (nSPS) is 8.53. The predicted octanol–water partition coefficient (Wildman–Crippen LogP) is 3.36. The Labute approximate surface area is 166 Å². The molecule has 0 aliphatic rings. The molecule has 0 saturated heterocycles. The Morgan fingerprint density at radius 2 is 1.11 bits per heavy atom. The summed E-state index contributed by atoms with van der Waals surface area (Å²) in [5.74, 6) is 0. The van der Waals surface area contributed by atoms with Gasteiger partial charge in [0, 0.05) is 0 Å². The van der Waals surface area contributed by atoms with Crippen LogP contribution in [-0.4, -0.2) is 66.3 Å². The van der Waals surface area contributed by atoms with Gasteiger partial charge in [0.2, 0.25) is 0 Å². The van der Waals surface area contributed by atoms with Crippen LogP contribution in [-0.2, 0) is 0 Å². The molecule has 0 radical (unpaired) electrons. The van der Waals surface area contributed by atoms with Crippen molar-refractivity contribution in [1.29, 1.82) is 0 Å². The van der Waals surface area contributed by atoms with Crippen LogP contribution in [0.15, 0.2) is 60.7 Å². The molecule has 2 aromatic rings. The number of carboxylic acid groups (broad SMARTS) is 1. The van der Waals surface area contributed by atoms with Gasteiger partial charge in [-0.15, -0.1) is 0 Å². The number of hydrogen-bond acceptors (Lipinski definition) is 3. The summed E-state index contributed by atoms with van der Waals surface area (Å²) >= 11 is 6.58. The van der Waals surface area contributed by atoms with Crippen molar-refractivity contribution < 1.29 is 9.90 Å². The first-order valence-corrected chi connectivity index (χ1v) is 5.92. The molecule has 2 rings (SSSR count). The average Bonchev–Trinajstić information content (AvgIpc) is 2.41. The van der Waals surface area contributed by atoms with Crippen LogP contribution in [0.25, 0.3) is 11.1 Å². The summed E-state index contributed by atoms with van der Waals surface area (Å²) in [5.41, 5.74) is 2.55. The van der Waals surface area contributed by atoms with Crippen LogP contribution in [0, 0.1) is 0 Å². The number of benzene rings is 2. The predicted molar refractivity (Wildman–Crippen MR) is 86.9 cm³/mol. The summed E-state index contributed by atoms with van der Waals surface area (Å²) in [7, 11) is 0. The van der Waals surface area contributed by atoms with Crippen molar-refractivity contribution in [2.24, 2.45) is 0 Å². The van der Waals surface area contributed by atoms with E-state index < -0.39 is 6.09 Å². The van der Waals surface area contributed by atoms with Crippen LogP contribution in [0.1, 0.15) is 0 Å². The summed E-state index contributed by atoms with van der Waals surface area (Å²) in [6, 6.07) is 20.8. The summed E-state index contributed by atoms with van der Waals surface area (Å²) < 4.78 is 0.472. The molecule has 3 nitrogen and oxygen atoms in total. The fourth-order valence-electron chi connectivity index (χ4n) is 1.26. The Kier molecular flexibility index (Phi) is 10.8. The van der Waals surface area contributed by atoms with Crippen LogP contribution < -0.4 is 0 Å². The molecule has 0 heterocycles. The van der Waals surface area contributed by atoms with Crippen LogP contribution in [0.2, 0.25) is 0 Å². The van der Waals surface area contributed by atoms with Gasteiger partial charge in [-0.25, -0.2) is 4.79 Å². The molecule has 0 aliphatic carbocycles. The van der Waals surface area contributed by atoms with E-state index in [0.717, 1.165) is 0 Å². The van der Waals surface area contributed by atoms with Crippen LogP contribution in [0.4, 0.5) is 4.79 Å². The Morgan fingerprint density at radius 3 is 1.32 bits per heavy atom. The number of hydrogen-bond donors (Lipinski definition) is 3. The summed E-state index contributed by atoms with van der Waals surface area (Å²) in [5, 5.41) is 7.76. The van der Waals surface area contributed by atoms with E-state index in [0.29, 0.717) is 3.71 Å². The van der Waals surface area contributed by atoms with E-state index in [9.17, 15) is 4.79 Å². The van der Waals surface area contributed by atoms with E-state index in [2.05, 4.69) is 74.2 Å². The number of nitrogens with zero attached hydrogens (tertiary/aromatic N) is 1. The zero-order valence-corrected chi connectivity index (χ0v) is 11.3. The van der Waals surface area contributed by atoms with Crippen LogP contribution in [0.5, 0.6) is 0 Å². The first-order valence-electron chi connectivity index (χ1n) is 5.12. The maximum Gasteiger partial charge on any atom is -0.0184 e. The monoisotopic (exact) mass is 319 g/mol. The van der Waals surface area contributed by atoms with Gasteiger partial charge in [-0.3, -0.25) is 0 Å². The van der Waals surface area contributed by atoms with Gasteiger partial charge in [0.05, 0.1) is 0 Å². The van der Waals surface area contributed by atoms with Gasteiger partial charge in [-0.2, -0.15) is 3.71 Å². The molecule has 19 heavy (non-hydrogen) atoms. The minimum absolute atomic E-state index is 0. The standard InChI is InChI=1S/C12H10.CH3NO2S2.K.H/c1-3-7-11(8-4-1)12-9-5-2-6-10-12;3-1(4)2(5)6;;/h1-10H;5-6H,(H,3,4);;. The van der Waals surface area contributed by atoms with Crippen LogP contribution >= 0.6 is 25.6 Å². The third-order valence-corrected chi connectivity index (χ3v) is 2.39. The molecule has 0 aliphatic heterocycles. The van der Waals surface area contributed by atoms with Crippen molar-refractivity contribution in [3.8, 4) is 11.1 Å². The van der Waals surface area contributed by atoms with Crippen LogP contribution in [0.3, 0.4) is 0 Å². The van der Waals surface area contributed by atoms with E-state index in [-0.39, 0.29) is 51.4 Å². The molecule has 0 atom stereocenters. The van der Waals surface area contributed by atoms with Crippen molar-refractivity contribution >= 4 is 83.1 Å². The van der Waals surface area contributed by atoms with Gasteiger partial charge < -0.3 is 5.11 Å². The van der Waals surface area contributed by atoms with Crippen molar-refractivity contribution in [3.63, 3.8) is 0 Å². The first kappa shape index (κ1) is 19.0. The topological polar surface area (TPSA) is 40.5 Å². The molecular weight excluding hydrogens is 305 g/mol. The third-order valence-electron chi connectivity index (χ3n) is 2.05. The minimum atomic E-state index is -1.18. The molecule has 6 heteroatoms. The Hall–Kier alpha value is 0.0464. The Morgan fingerprint density at radius 1 is 0.842 bits per heavy atom. The molecule has 0 bridgehead atoms. The molecule has 0 saturated carbocycles. The van der Waals surface area contributed by atoms with E-state index >= 15 is 0 Å². The molecule has 0 unspecified atom stereocenters. The molecule has 0 aromatic heterocycles. The summed E-state index contributed by atoms with van der Waals surface area (Å²) in [6.07, 6.45) is -1.18. The number of amides is 1. The number of rotatable bonds is 1. The van der Waals surface area contributed by atoms with E-state index in [1.54, 1.807) is 0 Å². The Bertz CT molecular complexity index is 443. The quantitative estimate of drug-likeness (QED) is 0.557. The zero-order valence-electron chi connectivity index (χ0n) is 9.47. The third kappa shape index (κ3) is 8.04. The zero-order chi connectivity index (χ0) is 13.4. The van der Waals surface area contributed by atoms with Crippen molar-refractivity contribution in [2.75, 3.05) is 0 Å². The summed E-state index contributed by atoms with van der Waals surface area (Å²) in [4.78, 5) is 9.47. The fourth-order valence-corrected chi connectivity index (χ4v) is 1.26. The van der Waals surface area contributed by atoms with Gasteiger partial charge in [0.1, 0.15) is 0 Å². The molecule has 0 spiro atoms. The van der Waals surface area contributed by atoms with E-state index in [1.807, 2.05) is 12.1 Å². The molecule has 1 amide bonds. The number of thiol groups is 2. The summed E-state index contributed by atoms with van der Waals surface area (Å²) in [6.45, 7) is 0. The maximum atomic E-state index is 9.47. The fraction of sp³-hybridized carbons (Fsp3) is 0. The minimum Gasteiger partial charge on any atom is -0.0622 e. The van der Waals surface area contributed by atoms with E-state index in [4.69, 9.17) is 5.11 Å². The molecular formula is C13H14KNO2S2. The van der Waals surface area contributed by atoms with Gasteiger partial charge in [0.15, 0.2) is 0 Å². The second kappa shape index (κ2) is 10.8. The largest absolute Gasteiger partial charge is 0.0622 e. The first-order chi connectivity index (χ1) is 8.61. The number of carbonyl (C=O) groups is 1. The van der Waals surface area contributed by atoms with Crippen molar-refractivity contribution in [1.82, 2.24) is 3.71 Å². The smallest absolute Gasteiger partial charge is 0.0184 e. The van der Waals surface area contributed by atoms with Crippen molar-refractivity contribution in [3.05, 3.63) is 60.7 Å². The van der Waals surface area contributed by atoms with Gasteiger partial charge >= 0.3 is 57.5 Å². The molecule has 1 N–H and O–H groups in total. The Balaban J connectivity index is 0.000000404. The maximum absolute atomic E-state index is 9.47. The van der Waals surface area contributed by atoms with Gasteiger partial charge in [0.25, 0.3) is 0 Å².